The summed E-state index contributed by atoms with van der Waals surface area (Å²) >= 11 is 4.18. The lowest BCUT2D eigenvalue weighted by atomic mass is 10.1. The van der Waals surface area contributed by atoms with E-state index in [-0.39, 0.29) is 0 Å². The maximum absolute atomic E-state index is 5.21. The first-order valence-electron chi connectivity index (χ1n) is 4.63. The van der Waals surface area contributed by atoms with E-state index in [2.05, 4.69) is 18.7 Å². The van der Waals surface area contributed by atoms with Crippen molar-refractivity contribution in [1.29, 1.82) is 0 Å². The van der Waals surface area contributed by atoms with Gasteiger partial charge in [0.25, 0.3) is 0 Å². The summed E-state index contributed by atoms with van der Waals surface area (Å²) in [5, 5.41) is 0. The second-order valence-electron chi connectivity index (χ2n) is 3.02. The van der Waals surface area contributed by atoms with Gasteiger partial charge in [0, 0.05) is 0 Å². The largest absolute Gasteiger partial charge is 0.493 e. The van der Waals surface area contributed by atoms with Crippen molar-refractivity contribution in [1.82, 2.24) is 0 Å². The summed E-state index contributed by atoms with van der Waals surface area (Å²) in [6.45, 7) is 0. The lowest BCUT2D eigenvalue weighted by Gasteiger charge is -2.08. The molecule has 78 valence electrons. The molecule has 14 heavy (non-hydrogen) atoms. The molecule has 0 atom stereocenters. The zero-order chi connectivity index (χ0) is 10.4. The molecule has 0 saturated heterocycles. The van der Waals surface area contributed by atoms with Crippen molar-refractivity contribution in [3.8, 4) is 11.5 Å². The highest BCUT2D eigenvalue weighted by Gasteiger charge is 2.03. The van der Waals surface area contributed by atoms with E-state index in [1.807, 2.05) is 12.1 Å². The first-order valence-corrected chi connectivity index (χ1v) is 5.27. The summed E-state index contributed by atoms with van der Waals surface area (Å²) in [5.74, 6) is 2.49. The van der Waals surface area contributed by atoms with Crippen LogP contribution in [0.15, 0.2) is 18.2 Å². The van der Waals surface area contributed by atoms with Crippen molar-refractivity contribution in [2.24, 2.45) is 0 Å². The average molecular weight is 212 g/mol. The maximum atomic E-state index is 5.21. The molecular weight excluding hydrogens is 196 g/mol. The van der Waals surface area contributed by atoms with E-state index in [4.69, 9.17) is 9.47 Å². The Labute approximate surface area is 90.6 Å². The van der Waals surface area contributed by atoms with Crippen LogP contribution >= 0.6 is 12.6 Å². The minimum atomic E-state index is 0.780. The summed E-state index contributed by atoms with van der Waals surface area (Å²) in [7, 11) is 3.30. The lowest BCUT2D eigenvalue weighted by Crippen LogP contribution is -1.93. The highest BCUT2D eigenvalue weighted by atomic mass is 32.1. The third-order valence-electron chi connectivity index (χ3n) is 2.07. The fraction of sp³-hybridized carbons (Fsp3) is 0.455. The molecule has 0 fully saturated rings. The van der Waals surface area contributed by atoms with E-state index in [0.29, 0.717) is 0 Å². The second-order valence-corrected chi connectivity index (χ2v) is 3.46. The zero-order valence-corrected chi connectivity index (χ0v) is 9.51. The molecule has 3 heteroatoms. The molecule has 0 aliphatic carbocycles. The molecule has 0 unspecified atom stereocenters. The Bertz CT molecular complexity index is 287. The van der Waals surface area contributed by atoms with Crippen LogP contribution in [0.4, 0.5) is 0 Å². The summed E-state index contributed by atoms with van der Waals surface area (Å²) in [6, 6.07) is 6.01. The van der Waals surface area contributed by atoms with Crippen molar-refractivity contribution >= 4 is 12.6 Å². The summed E-state index contributed by atoms with van der Waals surface area (Å²) < 4.78 is 10.4. The number of hydrogen-bond acceptors (Lipinski definition) is 3. The molecular formula is C11H16O2S. The molecule has 0 aliphatic rings. The number of hydrogen-bond donors (Lipinski definition) is 1. The van der Waals surface area contributed by atoms with Crippen LogP contribution in [-0.4, -0.2) is 20.0 Å². The van der Waals surface area contributed by atoms with Crippen LogP contribution in [-0.2, 0) is 6.42 Å². The molecule has 0 radical (unpaired) electrons. The topological polar surface area (TPSA) is 18.5 Å². The molecule has 0 N–H and O–H groups in total. The van der Waals surface area contributed by atoms with Gasteiger partial charge in [0.1, 0.15) is 0 Å². The molecule has 2 nitrogen and oxygen atoms in total. The van der Waals surface area contributed by atoms with Gasteiger partial charge in [-0.25, -0.2) is 0 Å². The number of thiol groups is 1. The highest BCUT2D eigenvalue weighted by Crippen LogP contribution is 2.27. The summed E-state index contributed by atoms with van der Waals surface area (Å²) in [4.78, 5) is 0. The molecule has 1 aromatic rings. The van der Waals surface area contributed by atoms with Crippen LogP contribution in [0.25, 0.3) is 0 Å². The van der Waals surface area contributed by atoms with Crippen LogP contribution in [0, 0.1) is 0 Å². The Balaban J connectivity index is 2.79. The second kappa shape index (κ2) is 5.81. The lowest BCUT2D eigenvalue weighted by molar-refractivity contribution is 0.354. The number of rotatable bonds is 5. The Morgan fingerprint density at radius 1 is 1.14 bits per heavy atom. The van der Waals surface area contributed by atoms with Gasteiger partial charge in [-0.15, -0.1) is 0 Å². The van der Waals surface area contributed by atoms with Crippen LogP contribution in [0.5, 0.6) is 11.5 Å². The normalized spacial score (nSPS) is 9.93. The first-order chi connectivity index (χ1) is 6.81. The number of aryl methyl sites for hydroxylation is 1. The molecule has 0 bridgehead atoms. The SMILES string of the molecule is COc1ccc(CCCS)cc1OC. The van der Waals surface area contributed by atoms with Crippen molar-refractivity contribution in [3.63, 3.8) is 0 Å². The molecule has 0 saturated carbocycles. The zero-order valence-electron chi connectivity index (χ0n) is 8.62. The average Bonchev–Trinajstić information content (AvgIpc) is 2.25. The fourth-order valence-corrected chi connectivity index (χ4v) is 1.48. The van der Waals surface area contributed by atoms with Gasteiger partial charge in [0.15, 0.2) is 11.5 Å². The summed E-state index contributed by atoms with van der Waals surface area (Å²) in [6.07, 6.45) is 2.11. The molecule has 0 aliphatic heterocycles. The van der Waals surface area contributed by atoms with Crippen molar-refractivity contribution in [2.45, 2.75) is 12.8 Å². The van der Waals surface area contributed by atoms with E-state index in [1.165, 1.54) is 5.56 Å². The van der Waals surface area contributed by atoms with Crippen LogP contribution in [0.2, 0.25) is 0 Å². The van der Waals surface area contributed by atoms with Gasteiger partial charge in [-0.1, -0.05) is 6.07 Å². The third-order valence-corrected chi connectivity index (χ3v) is 2.39. The van der Waals surface area contributed by atoms with Crippen LogP contribution in [0.1, 0.15) is 12.0 Å². The standard InChI is InChI=1S/C11H16O2S/c1-12-10-6-5-9(4-3-7-14)8-11(10)13-2/h5-6,8,14H,3-4,7H2,1-2H3. The third kappa shape index (κ3) is 2.84. The quantitative estimate of drug-likeness (QED) is 0.756. The van der Waals surface area contributed by atoms with E-state index in [0.717, 1.165) is 30.1 Å². The molecule has 1 rings (SSSR count). The molecule has 0 heterocycles. The van der Waals surface area contributed by atoms with Gasteiger partial charge in [0.05, 0.1) is 14.2 Å². The molecule has 0 aromatic heterocycles. The number of ether oxygens (including phenoxy) is 2. The Kier molecular flexibility index (Phi) is 4.66. The first kappa shape index (κ1) is 11.2. The minimum Gasteiger partial charge on any atom is -0.493 e. The number of benzene rings is 1. The van der Waals surface area contributed by atoms with Crippen LogP contribution in [0.3, 0.4) is 0 Å². The van der Waals surface area contributed by atoms with E-state index in [9.17, 15) is 0 Å². The summed E-state index contributed by atoms with van der Waals surface area (Å²) in [5.41, 5.74) is 1.26. The van der Waals surface area contributed by atoms with E-state index < -0.39 is 0 Å². The monoisotopic (exact) mass is 212 g/mol. The van der Waals surface area contributed by atoms with E-state index in [1.54, 1.807) is 14.2 Å². The van der Waals surface area contributed by atoms with Crippen molar-refractivity contribution in [2.75, 3.05) is 20.0 Å². The predicted molar refractivity (Wildman–Crippen MR) is 61.7 cm³/mol. The van der Waals surface area contributed by atoms with Crippen LogP contribution < -0.4 is 9.47 Å². The van der Waals surface area contributed by atoms with Gasteiger partial charge in [-0.05, 0) is 36.3 Å². The van der Waals surface area contributed by atoms with Gasteiger partial charge in [-0.3, -0.25) is 0 Å². The molecule has 0 spiro atoms. The molecule has 0 amide bonds. The maximum Gasteiger partial charge on any atom is 0.160 e. The van der Waals surface area contributed by atoms with Gasteiger partial charge < -0.3 is 9.47 Å². The Hall–Kier alpha value is -0.830. The highest BCUT2D eigenvalue weighted by molar-refractivity contribution is 7.80. The Morgan fingerprint density at radius 2 is 1.86 bits per heavy atom. The fourth-order valence-electron chi connectivity index (χ4n) is 1.32. The minimum absolute atomic E-state index is 0.780. The smallest absolute Gasteiger partial charge is 0.160 e. The van der Waals surface area contributed by atoms with Gasteiger partial charge in [0.2, 0.25) is 0 Å². The van der Waals surface area contributed by atoms with Gasteiger partial charge in [-0.2, -0.15) is 12.6 Å². The Morgan fingerprint density at radius 3 is 2.43 bits per heavy atom. The van der Waals surface area contributed by atoms with E-state index >= 15 is 0 Å². The predicted octanol–water partition coefficient (Wildman–Crippen LogP) is 2.57. The molecule has 1 aromatic carbocycles. The van der Waals surface area contributed by atoms with Crippen molar-refractivity contribution in [3.05, 3.63) is 23.8 Å². The van der Waals surface area contributed by atoms with Crippen molar-refractivity contribution < 1.29 is 9.47 Å². The number of methoxy groups -OCH3 is 2. The van der Waals surface area contributed by atoms with Gasteiger partial charge >= 0.3 is 0 Å².